The van der Waals surface area contributed by atoms with E-state index in [0.29, 0.717) is 6.42 Å². The van der Waals surface area contributed by atoms with Gasteiger partial charge in [0, 0.05) is 44.4 Å². The molecule has 180 valence electrons. The summed E-state index contributed by atoms with van der Waals surface area (Å²) in [6.07, 6.45) is 4.18. The normalized spacial score (nSPS) is 19.2. The van der Waals surface area contributed by atoms with Gasteiger partial charge in [-0.05, 0) is 86.9 Å². The third kappa shape index (κ3) is 7.29. The quantitative estimate of drug-likeness (QED) is 0.512. The number of nitrogens with two attached hydrogens (primary N) is 1. The first-order valence-electron chi connectivity index (χ1n) is 12.1. The third-order valence-corrected chi connectivity index (χ3v) is 6.45. The molecule has 4 N–H and O–H groups in total. The van der Waals surface area contributed by atoms with E-state index in [9.17, 15) is 4.79 Å². The number of aliphatic hydroxyl groups is 1. The van der Waals surface area contributed by atoms with Crippen molar-refractivity contribution in [3.63, 3.8) is 0 Å². The SMILES string of the molecule is Cc1cc(N(C)C(=O)C2CCC(Oc3cccc(CCO)c3)CC2)ccc1CNC[C@H](C)N. The Balaban J connectivity index is 1.51. The van der Waals surface area contributed by atoms with Crippen LogP contribution in [0.3, 0.4) is 0 Å². The van der Waals surface area contributed by atoms with E-state index >= 15 is 0 Å². The zero-order chi connectivity index (χ0) is 23.8. The fourth-order valence-corrected chi connectivity index (χ4v) is 4.45. The Morgan fingerprint density at radius 3 is 2.64 bits per heavy atom. The molecule has 0 heterocycles. The molecular formula is C27H39N3O3. The lowest BCUT2D eigenvalue weighted by molar-refractivity contribution is -0.123. The molecule has 2 aromatic carbocycles. The van der Waals surface area contributed by atoms with Crippen LogP contribution in [0.25, 0.3) is 0 Å². The van der Waals surface area contributed by atoms with Gasteiger partial charge in [-0.1, -0.05) is 18.2 Å². The number of hydrogen-bond donors (Lipinski definition) is 3. The number of aliphatic hydroxyl groups excluding tert-OH is 1. The van der Waals surface area contributed by atoms with Crippen LogP contribution in [0.2, 0.25) is 0 Å². The van der Waals surface area contributed by atoms with Crippen LogP contribution in [0, 0.1) is 12.8 Å². The van der Waals surface area contributed by atoms with Crippen LogP contribution in [-0.4, -0.2) is 43.4 Å². The summed E-state index contributed by atoms with van der Waals surface area (Å²) in [5.41, 5.74) is 10.2. The summed E-state index contributed by atoms with van der Waals surface area (Å²) in [6, 6.07) is 14.3. The summed E-state index contributed by atoms with van der Waals surface area (Å²) >= 11 is 0. The van der Waals surface area contributed by atoms with E-state index in [1.54, 1.807) is 4.90 Å². The van der Waals surface area contributed by atoms with E-state index in [1.807, 2.05) is 44.3 Å². The van der Waals surface area contributed by atoms with Crippen molar-refractivity contribution in [3.05, 3.63) is 59.2 Å². The van der Waals surface area contributed by atoms with E-state index in [0.717, 1.165) is 55.8 Å². The van der Waals surface area contributed by atoms with Crippen molar-refractivity contribution in [3.8, 4) is 5.75 Å². The van der Waals surface area contributed by atoms with Crippen molar-refractivity contribution in [2.24, 2.45) is 11.7 Å². The number of anilines is 1. The monoisotopic (exact) mass is 453 g/mol. The maximum Gasteiger partial charge on any atom is 0.229 e. The Labute approximate surface area is 198 Å². The van der Waals surface area contributed by atoms with Crippen LogP contribution < -0.4 is 20.7 Å². The minimum absolute atomic E-state index is 0.0308. The summed E-state index contributed by atoms with van der Waals surface area (Å²) in [4.78, 5) is 15.0. The first kappa shape index (κ1) is 25.2. The molecule has 0 bridgehead atoms. The summed E-state index contributed by atoms with van der Waals surface area (Å²) in [5, 5.41) is 12.5. The standard InChI is InChI=1S/C27H39N3O3/c1-19-15-24(10-7-23(19)18-29-17-20(2)28)30(3)27(32)22-8-11-25(12-9-22)33-26-6-4-5-21(16-26)13-14-31/h4-7,10,15-16,20,22,25,29,31H,8-9,11-14,17-18,28H2,1-3H3/t20-,22?,25?/m0/s1. The van der Waals surface area contributed by atoms with Gasteiger partial charge in [0.2, 0.25) is 5.91 Å². The lowest BCUT2D eigenvalue weighted by Crippen LogP contribution is -2.36. The van der Waals surface area contributed by atoms with Gasteiger partial charge in [0.25, 0.3) is 0 Å². The van der Waals surface area contributed by atoms with E-state index in [-0.39, 0.29) is 30.6 Å². The summed E-state index contributed by atoms with van der Waals surface area (Å²) < 4.78 is 6.17. The third-order valence-electron chi connectivity index (χ3n) is 6.45. The second kappa shape index (κ2) is 12.2. The highest BCUT2D eigenvalue weighted by Crippen LogP contribution is 2.30. The molecule has 1 aliphatic rings. The van der Waals surface area contributed by atoms with Crippen LogP contribution in [0.4, 0.5) is 5.69 Å². The predicted molar refractivity (Wildman–Crippen MR) is 134 cm³/mol. The molecule has 6 nitrogen and oxygen atoms in total. The van der Waals surface area contributed by atoms with Gasteiger partial charge in [-0.2, -0.15) is 0 Å². The lowest BCUT2D eigenvalue weighted by atomic mass is 9.86. The van der Waals surface area contributed by atoms with Gasteiger partial charge < -0.3 is 25.8 Å². The molecule has 1 atom stereocenters. The van der Waals surface area contributed by atoms with E-state index in [4.69, 9.17) is 15.6 Å². The molecule has 0 spiro atoms. The maximum atomic E-state index is 13.2. The van der Waals surface area contributed by atoms with Gasteiger partial charge in [-0.15, -0.1) is 0 Å². The van der Waals surface area contributed by atoms with Crippen molar-refractivity contribution in [1.29, 1.82) is 0 Å². The first-order chi connectivity index (χ1) is 15.9. The number of carbonyl (C=O) groups is 1. The number of rotatable bonds is 10. The second-order valence-electron chi connectivity index (χ2n) is 9.33. The number of nitrogens with zero attached hydrogens (tertiary/aromatic N) is 1. The van der Waals surface area contributed by atoms with Crippen molar-refractivity contribution in [2.45, 2.75) is 64.6 Å². The van der Waals surface area contributed by atoms with Crippen LogP contribution >= 0.6 is 0 Å². The van der Waals surface area contributed by atoms with Gasteiger partial charge in [0.05, 0.1) is 6.10 Å². The van der Waals surface area contributed by atoms with Gasteiger partial charge in [-0.25, -0.2) is 0 Å². The number of carbonyl (C=O) groups excluding carboxylic acids is 1. The zero-order valence-corrected chi connectivity index (χ0v) is 20.2. The first-order valence-corrected chi connectivity index (χ1v) is 12.1. The molecule has 1 amide bonds. The topological polar surface area (TPSA) is 87.8 Å². The van der Waals surface area contributed by atoms with Crippen LogP contribution in [-0.2, 0) is 17.8 Å². The highest BCUT2D eigenvalue weighted by molar-refractivity contribution is 5.94. The number of nitrogens with one attached hydrogen (secondary N) is 1. The van der Waals surface area contributed by atoms with Gasteiger partial charge in [0.15, 0.2) is 0 Å². The number of aryl methyl sites for hydroxylation is 1. The van der Waals surface area contributed by atoms with Crippen molar-refractivity contribution in [2.75, 3.05) is 25.1 Å². The Hall–Kier alpha value is -2.41. The number of hydrogen-bond acceptors (Lipinski definition) is 5. The Bertz CT molecular complexity index is 907. The number of ether oxygens (including phenoxy) is 1. The van der Waals surface area contributed by atoms with Crippen LogP contribution in [0.1, 0.15) is 49.3 Å². The van der Waals surface area contributed by atoms with Gasteiger partial charge in [-0.3, -0.25) is 4.79 Å². The number of benzene rings is 2. The van der Waals surface area contributed by atoms with E-state index < -0.39 is 0 Å². The largest absolute Gasteiger partial charge is 0.490 e. The Morgan fingerprint density at radius 2 is 1.97 bits per heavy atom. The minimum Gasteiger partial charge on any atom is -0.490 e. The maximum absolute atomic E-state index is 13.2. The number of amides is 1. The molecule has 3 rings (SSSR count). The Morgan fingerprint density at radius 1 is 1.21 bits per heavy atom. The molecule has 6 heteroatoms. The molecule has 0 unspecified atom stereocenters. The average molecular weight is 454 g/mol. The van der Waals surface area contributed by atoms with Crippen molar-refractivity contribution >= 4 is 11.6 Å². The molecule has 0 saturated heterocycles. The molecule has 1 fully saturated rings. The summed E-state index contributed by atoms with van der Waals surface area (Å²) in [6.45, 7) is 5.76. The summed E-state index contributed by atoms with van der Waals surface area (Å²) in [7, 11) is 1.88. The van der Waals surface area contributed by atoms with E-state index in [1.165, 1.54) is 11.1 Å². The van der Waals surface area contributed by atoms with E-state index in [2.05, 4.69) is 24.4 Å². The molecule has 33 heavy (non-hydrogen) atoms. The Kier molecular flexibility index (Phi) is 9.30. The van der Waals surface area contributed by atoms with Gasteiger partial charge >= 0.3 is 0 Å². The predicted octanol–water partition coefficient (Wildman–Crippen LogP) is 3.57. The van der Waals surface area contributed by atoms with Crippen molar-refractivity contribution in [1.82, 2.24) is 5.32 Å². The van der Waals surface area contributed by atoms with Crippen LogP contribution in [0.5, 0.6) is 5.75 Å². The van der Waals surface area contributed by atoms with Crippen molar-refractivity contribution < 1.29 is 14.6 Å². The minimum atomic E-state index is 0.0308. The van der Waals surface area contributed by atoms with Gasteiger partial charge in [0.1, 0.15) is 5.75 Å². The fraction of sp³-hybridized carbons (Fsp3) is 0.519. The highest BCUT2D eigenvalue weighted by Gasteiger charge is 2.29. The smallest absolute Gasteiger partial charge is 0.229 e. The molecule has 0 aliphatic heterocycles. The molecular weight excluding hydrogens is 414 g/mol. The fourth-order valence-electron chi connectivity index (χ4n) is 4.45. The zero-order valence-electron chi connectivity index (χ0n) is 20.2. The average Bonchev–Trinajstić information content (AvgIpc) is 2.80. The molecule has 0 radical (unpaired) electrons. The summed E-state index contributed by atoms with van der Waals surface area (Å²) in [5.74, 6) is 1.06. The molecule has 2 aromatic rings. The molecule has 0 aromatic heterocycles. The second-order valence-corrected chi connectivity index (χ2v) is 9.33. The highest BCUT2D eigenvalue weighted by atomic mass is 16.5. The lowest BCUT2D eigenvalue weighted by Gasteiger charge is -2.31. The van der Waals surface area contributed by atoms with Crippen LogP contribution in [0.15, 0.2) is 42.5 Å². The molecule has 1 saturated carbocycles. The molecule has 1 aliphatic carbocycles.